The second-order valence-electron chi connectivity index (χ2n) is 7.65. The molecule has 9 heteroatoms. The van der Waals surface area contributed by atoms with Crippen molar-refractivity contribution in [2.75, 3.05) is 13.2 Å². The van der Waals surface area contributed by atoms with Crippen molar-refractivity contribution in [1.29, 1.82) is 0 Å². The van der Waals surface area contributed by atoms with Gasteiger partial charge in [-0.3, -0.25) is 9.59 Å². The number of aromatic nitrogens is 1. The Bertz CT molecular complexity index is 1270. The van der Waals surface area contributed by atoms with Crippen LogP contribution in [0.2, 0.25) is 5.02 Å². The van der Waals surface area contributed by atoms with Crippen molar-refractivity contribution in [1.82, 2.24) is 9.29 Å². The second kappa shape index (κ2) is 9.05. The Balaban J connectivity index is 1.47. The van der Waals surface area contributed by atoms with E-state index in [0.29, 0.717) is 23.4 Å². The number of aryl methyl sites for hydroxylation is 1. The average Bonchev–Trinajstić information content (AvgIpc) is 3.45. The van der Waals surface area contributed by atoms with Gasteiger partial charge in [-0.05, 0) is 49.1 Å². The van der Waals surface area contributed by atoms with Crippen LogP contribution in [0.4, 0.5) is 0 Å². The zero-order valence-corrected chi connectivity index (χ0v) is 19.1. The number of carbonyl (C=O) groups is 2. The number of ketones is 1. The third-order valence-corrected chi connectivity index (χ3v) is 7.90. The molecule has 1 N–H and O–H groups in total. The molecule has 168 valence electrons. The van der Waals surface area contributed by atoms with Crippen LogP contribution in [0, 0.1) is 0 Å². The van der Waals surface area contributed by atoms with Crippen LogP contribution in [0.5, 0.6) is 0 Å². The molecule has 1 atom stereocenters. The van der Waals surface area contributed by atoms with E-state index in [4.69, 9.17) is 16.3 Å². The van der Waals surface area contributed by atoms with Gasteiger partial charge in [-0.1, -0.05) is 36.7 Å². The predicted molar refractivity (Wildman–Crippen MR) is 121 cm³/mol. The molecule has 0 aliphatic carbocycles. The number of halogens is 1. The first-order valence-corrected chi connectivity index (χ1v) is 12.2. The van der Waals surface area contributed by atoms with E-state index in [-0.39, 0.29) is 17.2 Å². The van der Waals surface area contributed by atoms with Crippen LogP contribution in [0.15, 0.2) is 53.6 Å². The molecule has 3 aromatic rings. The fraction of sp³-hybridized carbons (Fsp3) is 0.304. The Kier molecular flexibility index (Phi) is 6.37. The molecule has 0 spiro atoms. The number of rotatable bonds is 7. The average molecular weight is 475 g/mol. The van der Waals surface area contributed by atoms with Gasteiger partial charge in [0.1, 0.15) is 6.04 Å². The molecular formula is C23H23ClN2O5S. The smallest absolute Gasteiger partial charge is 0.324 e. The number of ether oxygens (including phenoxy) is 1. The molecule has 0 radical (unpaired) electrons. The van der Waals surface area contributed by atoms with E-state index < -0.39 is 28.6 Å². The fourth-order valence-electron chi connectivity index (χ4n) is 4.06. The summed E-state index contributed by atoms with van der Waals surface area (Å²) in [6.45, 7) is 1.79. The lowest BCUT2D eigenvalue weighted by Gasteiger charge is -2.22. The largest absolute Gasteiger partial charge is 0.456 e. The minimum atomic E-state index is -3.88. The second-order valence-corrected chi connectivity index (χ2v) is 9.98. The summed E-state index contributed by atoms with van der Waals surface area (Å²) in [7, 11) is -3.88. The summed E-state index contributed by atoms with van der Waals surface area (Å²) in [5.74, 6) is -1.06. The van der Waals surface area contributed by atoms with Crippen LogP contribution in [0.25, 0.3) is 10.9 Å². The number of nitrogens with one attached hydrogen (secondary N) is 1. The summed E-state index contributed by atoms with van der Waals surface area (Å²) in [6.07, 6.45) is 3.31. The van der Waals surface area contributed by atoms with Crippen LogP contribution >= 0.6 is 11.6 Å². The normalized spacial score (nSPS) is 17.0. The molecule has 7 nitrogen and oxygen atoms in total. The third-order valence-electron chi connectivity index (χ3n) is 5.72. The molecule has 2 heterocycles. The first-order valence-electron chi connectivity index (χ1n) is 10.4. The molecule has 1 aliphatic heterocycles. The lowest BCUT2D eigenvalue weighted by molar-refractivity contribution is -0.146. The Hall–Kier alpha value is -2.68. The van der Waals surface area contributed by atoms with Crippen LogP contribution < -0.4 is 0 Å². The van der Waals surface area contributed by atoms with Gasteiger partial charge in [-0.15, -0.1) is 0 Å². The van der Waals surface area contributed by atoms with Crippen molar-refractivity contribution in [2.24, 2.45) is 0 Å². The van der Waals surface area contributed by atoms with E-state index in [9.17, 15) is 18.0 Å². The molecule has 0 bridgehead atoms. The van der Waals surface area contributed by atoms with Crippen molar-refractivity contribution in [3.05, 3.63) is 64.8 Å². The monoisotopic (exact) mass is 474 g/mol. The third kappa shape index (κ3) is 4.18. The highest BCUT2D eigenvalue weighted by Crippen LogP contribution is 2.28. The summed E-state index contributed by atoms with van der Waals surface area (Å²) in [5.41, 5.74) is 2.42. The van der Waals surface area contributed by atoms with Crippen molar-refractivity contribution in [2.45, 2.75) is 37.1 Å². The van der Waals surface area contributed by atoms with Crippen molar-refractivity contribution in [3.63, 3.8) is 0 Å². The first-order chi connectivity index (χ1) is 15.3. The maximum absolute atomic E-state index is 13.0. The number of hydrogen-bond acceptors (Lipinski definition) is 5. The molecule has 1 aromatic heterocycles. The van der Waals surface area contributed by atoms with Crippen LogP contribution in [-0.2, 0) is 26.0 Å². The molecule has 0 amide bonds. The number of para-hydroxylation sites is 1. The Morgan fingerprint density at radius 2 is 1.94 bits per heavy atom. The number of benzene rings is 2. The van der Waals surface area contributed by atoms with Gasteiger partial charge in [0.05, 0.1) is 4.90 Å². The molecule has 1 saturated heterocycles. The van der Waals surface area contributed by atoms with Gasteiger partial charge < -0.3 is 9.72 Å². The highest BCUT2D eigenvalue weighted by molar-refractivity contribution is 7.89. The minimum Gasteiger partial charge on any atom is -0.456 e. The van der Waals surface area contributed by atoms with E-state index in [0.717, 1.165) is 27.2 Å². The minimum absolute atomic E-state index is 0.0585. The predicted octanol–water partition coefficient (Wildman–Crippen LogP) is 3.96. The number of H-pyrrole nitrogens is 1. The van der Waals surface area contributed by atoms with Gasteiger partial charge in [0.2, 0.25) is 15.8 Å². The summed E-state index contributed by atoms with van der Waals surface area (Å²) in [6, 6.07) is 10.5. The summed E-state index contributed by atoms with van der Waals surface area (Å²) < 4.78 is 32.4. The van der Waals surface area contributed by atoms with E-state index >= 15 is 0 Å². The lowest BCUT2D eigenvalue weighted by atomic mass is 10.1. The van der Waals surface area contributed by atoms with Crippen LogP contribution in [-0.4, -0.2) is 48.7 Å². The maximum Gasteiger partial charge on any atom is 0.324 e. The van der Waals surface area contributed by atoms with Gasteiger partial charge in [-0.25, -0.2) is 8.42 Å². The van der Waals surface area contributed by atoms with Gasteiger partial charge in [0.25, 0.3) is 0 Å². The number of sulfonamides is 1. The van der Waals surface area contributed by atoms with Gasteiger partial charge >= 0.3 is 5.97 Å². The Morgan fingerprint density at radius 1 is 1.19 bits per heavy atom. The fourth-order valence-corrected chi connectivity index (χ4v) is 5.83. The zero-order valence-electron chi connectivity index (χ0n) is 17.5. The summed E-state index contributed by atoms with van der Waals surface area (Å²) >= 11 is 5.85. The molecule has 32 heavy (non-hydrogen) atoms. The number of fused-ring (bicyclic) bond motifs is 1. The van der Waals surface area contributed by atoms with Gasteiger partial charge in [-0.2, -0.15) is 4.31 Å². The molecule has 0 saturated carbocycles. The number of esters is 1. The highest BCUT2D eigenvalue weighted by atomic mass is 35.5. The van der Waals surface area contributed by atoms with Crippen LogP contribution in [0.3, 0.4) is 0 Å². The van der Waals surface area contributed by atoms with Crippen molar-refractivity contribution in [3.8, 4) is 0 Å². The molecule has 4 rings (SSSR count). The summed E-state index contributed by atoms with van der Waals surface area (Å²) in [5, 5.41) is 1.20. The quantitative estimate of drug-likeness (QED) is 0.413. The SMILES string of the molecule is CCc1cccc2c(C(=O)COC(=O)[C@@H]3CCCN3S(=O)(=O)c3ccc(Cl)cc3)c[nH]c12. The highest BCUT2D eigenvalue weighted by Gasteiger charge is 2.40. The van der Waals surface area contributed by atoms with E-state index in [1.54, 1.807) is 6.20 Å². The first kappa shape index (κ1) is 22.5. The Labute approximate surface area is 191 Å². The Morgan fingerprint density at radius 3 is 2.66 bits per heavy atom. The van der Waals surface area contributed by atoms with Gasteiger partial charge in [0.15, 0.2) is 6.61 Å². The lowest BCUT2D eigenvalue weighted by Crippen LogP contribution is -2.41. The van der Waals surface area contributed by atoms with E-state index in [1.165, 1.54) is 24.3 Å². The van der Waals surface area contributed by atoms with Crippen molar-refractivity contribution >= 4 is 44.3 Å². The van der Waals surface area contributed by atoms with Crippen molar-refractivity contribution < 1.29 is 22.7 Å². The zero-order chi connectivity index (χ0) is 22.9. The molecular weight excluding hydrogens is 452 g/mol. The number of hydrogen-bond donors (Lipinski definition) is 1. The van der Waals surface area contributed by atoms with E-state index in [2.05, 4.69) is 4.98 Å². The molecule has 1 aliphatic rings. The number of carbonyl (C=O) groups excluding carboxylic acids is 2. The molecule has 2 aromatic carbocycles. The standard InChI is InChI=1S/C23H23ClN2O5S/c1-2-15-5-3-6-18-19(13-25-22(15)18)21(27)14-31-23(28)20-7-4-12-26(20)32(29,30)17-10-8-16(24)9-11-17/h3,5-6,8-11,13,20,25H,2,4,7,12,14H2,1H3/t20-/m0/s1. The summed E-state index contributed by atoms with van der Waals surface area (Å²) in [4.78, 5) is 28.6. The molecule has 0 unspecified atom stereocenters. The van der Waals surface area contributed by atoms with Gasteiger partial charge in [0, 0.05) is 34.2 Å². The molecule has 1 fully saturated rings. The number of aromatic amines is 1. The maximum atomic E-state index is 13.0. The van der Waals surface area contributed by atoms with Crippen LogP contribution in [0.1, 0.15) is 35.7 Å². The number of nitrogens with zero attached hydrogens (tertiary/aromatic N) is 1. The number of Topliss-reactive ketones (excluding diaryl/α,β-unsaturated/α-hetero) is 1. The topological polar surface area (TPSA) is 96.5 Å². The van der Waals surface area contributed by atoms with E-state index in [1.807, 2.05) is 25.1 Å².